The third-order valence-electron chi connectivity index (χ3n) is 4.49. The number of nitrogens with zero attached hydrogens (tertiary/aromatic N) is 3. The fourth-order valence-corrected chi connectivity index (χ4v) is 4.50. The molecule has 0 fully saturated rings. The first-order chi connectivity index (χ1) is 15.8. The number of carbonyl (C=O) groups is 1. The summed E-state index contributed by atoms with van der Waals surface area (Å²) in [7, 11) is -2.37. The van der Waals surface area contributed by atoms with Gasteiger partial charge in [0.1, 0.15) is 5.75 Å². The Morgan fingerprint density at radius 3 is 2.73 bits per heavy atom. The first kappa shape index (κ1) is 22.6. The number of amides is 1. The molecule has 2 heterocycles. The topological polar surface area (TPSA) is 142 Å². The minimum absolute atomic E-state index is 0.0249. The number of aromatic amines is 2. The zero-order chi connectivity index (χ0) is 23.4. The summed E-state index contributed by atoms with van der Waals surface area (Å²) in [5, 5.41) is 3.47. The van der Waals surface area contributed by atoms with E-state index in [-0.39, 0.29) is 22.5 Å². The zero-order valence-electron chi connectivity index (χ0n) is 17.7. The van der Waals surface area contributed by atoms with Crippen LogP contribution in [0.25, 0.3) is 15.8 Å². The number of aryl methyl sites for hydroxylation is 1. The second-order valence-electron chi connectivity index (χ2n) is 6.92. The van der Waals surface area contributed by atoms with Crippen LogP contribution in [0, 0.1) is 6.92 Å². The molecule has 0 unspecified atom stereocenters. The van der Waals surface area contributed by atoms with Crippen LogP contribution >= 0.6 is 11.8 Å². The van der Waals surface area contributed by atoms with E-state index in [1.807, 2.05) is 18.2 Å². The van der Waals surface area contributed by atoms with Gasteiger partial charge >= 0.3 is 5.16 Å². The first-order valence-electron chi connectivity index (χ1n) is 9.72. The highest BCUT2D eigenvalue weighted by Crippen LogP contribution is 2.25. The summed E-state index contributed by atoms with van der Waals surface area (Å²) in [6.45, 7) is 1.72. The Hall–Kier alpha value is -3.64. The summed E-state index contributed by atoms with van der Waals surface area (Å²) in [4.78, 5) is 26.5. The molecule has 1 amide bonds. The number of fused-ring (bicyclic) bond motifs is 1. The number of nitrogens with one attached hydrogen (secondary N) is 3. The average Bonchev–Trinajstić information content (AvgIpc) is 3.20. The highest BCUT2D eigenvalue weighted by Gasteiger charge is 2.15. The minimum Gasteiger partial charge on any atom is -0.497 e. The number of aromatic nitrogens is 4. The summed E-state index contributed by atoms with van der Waals surface area (Å²) in [6.07, 6.45) is 1.44. The summed E-state index contributed by atoms with van der Waals surface area (Å²) in [5.74, 6) is 0.520. The molecule has 0 saturated heterocycles. The largest absolute Gasteiger partial charge is 0.497 e. The molecule has 0 atom stereocenters. The molecule has 2 aromatic carbocycles. The SMILES string of the molecule is COc1ccc2[nH+]c(SCC(=O)Nc3ccc(S(=O)(=O)[N-]c4nccc(C)n4)cc3)[nH]c2c1. The van der Waals surface area contributed by atoms with Gasteiger partial charge in [-0.15, -0.1) is 0 Å². The maximum absolute atomic E-state index is 12.5. The lowest BCUT2D eigenvalue weighted by atomic mass is 10.3. The van der Waals surface area contributed by atoms with E-state index in [0.29, 0.717) is 11.4 Å². The molecule has 0 aliphatic rings. The maximum Gasteiger partial charge on any atom is 0.315 e. The first-order valence-corrected chi connectivity index (χ1v) is 12.1. The van der Waals surface area contributed by atoms with Crippen molar-refractivity contribution < 1.29 is 22.9 Å². The van der Waals surface area contributed by atoms with Gasteiger partial charge in [-0.2, -0.15) is 0 Å². The number of methoxy groups -OCH3 is 1. The third kappa shape index (κ3) is 5.59. The van der Waals surface area contributed by atoms with Gasteiger partial charge < -0.3 is 20.0 Å². The Morgan fingerprint density at radius 2 is 2.00 bits per heavy atom. The van der Waals surface area contributed by atoms with Crippen molar-refractivity contribution in [1.82, 2.24) is 15.0 Å². The number of anilines is 1. The van der Waals surface area contributed by atoms with Gasteiger partial charge in [-0.05, 0) is 67.0 Å². The number of hydrogen-bond acceptors (Lipinski definition) is 7. The molecule has 0 aliphatic heterocycles. The molecule has 4 aromatic rings. The monoisotopic (exact) mass is 484 g/mol. The number of rotatable bonds is 8. The molecule has 0 aliphatic carbocycles. The van der Waals surface area contributed by atoms with Crippen LogP contribution in [0.3, 0.4) is 0 Å². The number of imidazole rings is 1. The molecule has 2 aromatic heterocycles. The van der Waals surface area contributed by atoms with Crippen molar-refractivity contribution >= 4 is 50.4 Å². The lowest BCUT2D eigenvalue weighted by Gasteiger charge is -2.13. The van der Waals surface area contributed by atoms with Crippen molar-refractivity contribution in [2.45, 2.75) is 17.0 Å². The highest BCUT2D eigenvalue weighted by atomic mass is 32.2. The molecular weight excluding hydrogens is 464 g/mol. The third-order valence-corrected chi connectivity index (χ3v) is 6.66. The number of thioether (sulfide) groups is 1. The molecule has 0 saturated carbocycles. The molecular formula is C21H20N6O4S2. The Bertz CT molecular complexity index is 1400. The van der Waals surface area contributed by atoms with Gasteiger partial charge in [0, 0.05) is 17.7 Å². The van der Waals surface area contributed by atoms with Gasteiger partial charge in [0.15, 0.2) is 11.0 Å². The second kappa shape index (κ2) is 9.46. The standard InChI is InChI=1S/C21H20N6O4S2/c1-13-9-10-22-20(23-13)27-33(29,30)16-6-3-14(4-7-16)24-19(28)12-32-21-25-17-8-5-15(31-2)11-18(17)26-21/h3-11H,12H2,1-2H3,(H3,22,23,24,25,26,27,28). The number of sulfonamides is 1. The van der Waals surface area contributed by atoms with E-state index in [4.69, 9.17) is 4.74 Å². The smallest absolute Gasteiger partial charge is 0.315 e. The van der Waals surface area contributed by atoms with E-state index in [0.717, 1.165) is 21.9 Å². The van der Waals surface area contributed by atoms with Gasteiger partial charge in [0.25, 0.3) is 0 Å². The average molecular weight is 485 g/mol. The van der Waals surface area contributed by atoms with Crippen LogP contribution < -0.4 is 15.0 Å². The Kier molecular flexibility index (Phi) is 6.47. The molecule has 33 heavy (non-hydrogen) atoms. The fourth-order valence-electron chi connectivity index (χ4n) is 2.90. The van der Waals surface area contributed by atoms with E-state index in [1.165, 1.54) is 42.2 Å². The molecule has 12 heteroatoms. The summed E-state index contributed by atoms with van der Waals surface area (Å²) in [5.41, 5.74) is 2.85. The number of H-pyrrole nitrogens is 2. The summed E-state index contributed by atoms with van der Waals surface area (Å²) >= 11 is 1.31. The van der Waals surface area contributed by atoms with Gasteiger partial charge in [0.05, 0.1) is 17.8 Å². The Balaban J connectivity index is 1.35. The van der Waals surface area contributed by atoms with Crippen molar-refractivity contribution in [2.75, 3.05) is 18.2 Å². The van der Waals surface area contributed by atoms with Crippen molar-refractivity contribution in [2.24, 2.45) is 0 Å². The zero-order valence-corrected chi connectivity index (χ0v) is 19.3. The quantitative estimate of drug-likeness (QED) is 0.366. The lowest BCUT2D eigenvalue weighted by Crippen LogP contribution is -2.15. The van der Waals surface area contributed by atoms with Gasteiger partial charge in [0.2, 0.25) is 15.9 Å². The van der Waals surface area contributed by atoms with Crippen molar-refractivity contribution in [3.8, 4) is 5.75 Å². The molecule has 4 rings (SSSR count). The van der Waals surface area contributed by atoms with E-state index < -0.39 is 10.0 Å². The molecule has 0 spiro atoms. The van der Waals surface area contributed by atoms with Crippen LogP contribution in [-0.2, 0) is 14.8 Å². The minimum atomic E-state index is -3.97. The van der Waals surface area contributed by atoms with Crippen LogP contribution in [-0.4, -0.2) is 42.1 Å². The molecule has 10 nitrogen and oxygen atoms in total. The molecule has 3 N–H and O–H groups in total. The normalized spacial score (nSPS) is 11.3. The number of carbonyl (C=O) groups excluding carboxylic acids is 1. The van der Waals surface area contributed by atoms with Crippen LogP contribution in [0.4, 0.5) is 11.6 Å². The predicted molar refractivity (Wildman–Crippen MR) is 124 cm³/mol. The van der Waals surface area contributed by atoms with Crippen molar-refractivity contribution in [3.63, 3.8) is 0 Å². The highest BCUT2D eigenvalue weighted by molar-refractivity contribution is 7.99. The van der Waals surface area contributed by atoms with Crippen LogP contribution in [0.15, 0.2) is 64.8 Å². The van der Waals surface area contributed by atoms with Gasteiger partial charge in [-0.3, -0.25) is 9.52 Å². The summed E-state index contributed by atoms with van der Waals surface area (Å²) in [6, 6.07) is 13.0. The summed E-state index contributed by atoms with van der Waals surface area (Å²) < 4.78 is 33.8. The maximum atomic E-state index is 12.5. The van der Waals surface area contributed by atoms with Crippen LogP contribution in [0.1, 0.15) is 5.69 Å². The van der Waals surface area contributed by atoms with Crippen LogP contribution in [0.2, 0.25) is 0 Å². The molecule has 170 valence electrons. The Labute approximate surface area is 194 Å². The number of benzene rings is 2. The van der Waals surface area contributed by atoms with E-state index in [9.17, 15) is 13.2 Å². The van der Waals surface area contributed by atoms with E-state index in [2.05, 4.69) is 30.0 Å². The Morgan fingerprint density at radius 1 is 1.21 bits per heavy atom. The lowest BCUT2D eigenvalue weighted by molar-refractivity contribution is -0.396. The van der Waals surface area contributed by atoms with E-state index >= 15 is 0 Å². The number of hydrogen-bond donors (Lipinski definition) is 2. The van der Waals surface area contributed by atoms with Crippen molar-refractivity contribution in [3.05, 3.63) is 65.1 Å². The fraction of sp³-hybridized carbons (Fsp3) is 0.143. The van der Waals surface area contributed by atoms with Crippen LogP contribution in [0.5, 0.6) is 5.75 Å². The van der Waals surface area contributed by atoms with E-state index in [1.54, 1.807) is 20.1 Å². The second-order valence-corrected chi connectivity index (χ2v) is 9.51. The number of ether oxygens (including phenoxy) is 1. The molecule has 0 radical (unpaired) electrons. The van der Waals surface area contributed by atoms with Gasteiger partial charge in [-0.25, -0.2) is 18.4 Å². The predicted octanol–water partition coefficient (Wildman–Crippen LogP) is 3.21. The van der Waals surface area contributed by atoms with Gasteiger partial charge in [-0.1, -0.05) is 6.07 Å². The molecule has 0 bridgehead atoms. The van der Waals surface area contributed by atoms with Crippen molar-refractivity contribution in [1.29, 1.82) is 0 Å².